The number of carboxylic acid groups (broad SMARTS) is 1. The van der Waals surface area contributed by atoms with E-state index in [-0.39, 0.29) is 10.8 Å². The molecular formula is C10H11ClO3. The summed E-state index contributed by atoms with van der Waals surface area (Å²) in [7, 11) is 0. The highest BCUT2D eigenvalue weighted by molar-refractivity contribution is 6.32. The third-order valence-corrected chi connectivity index (χ3v) is 2.38. The lowest BCUT2D eigenvalue weighted by molar-refractivity contribution is -0.138. The molecule has 0 amide bonds. The maximum absolute atomic E-state index is 10.8. The smallest absolute Gasteiger partial charge is 0.310 e. The predicted octanol–water partition coefficient (Wildman–Crippen LogP) is 2.62. The molecule has 3 nitrogen and oxygen atoms in total. The number of rotatable bonds is 3. The molecule has 0 spiro atoms. The topological polar surface area (TPSA) is 57.5 Å². The van der Waals surface area contributed by atoms with E-state index in [2.05, 4.69) is 0 Å². The fourth-order valence-electron chi connectivity index (χ4n) is 1.29. The van der Waals surface area contributed by atoms with E-state index in [1.807, 2.05) is 0 Å². The van der Waals surface area contributed by atoms with Crippen LogP contribution in [0.25, 0.3) is 0 Å². The quantitative estimate of drug-likeness (QED) is 0.813. The Morgan fingerprint density at radius 1 is 1.57 bits per heavy atom. The van der Waals surface area contributed by atoms with Crippen LogP contribution in [0.4, 0.5) is 0 Å². The maximum atomic E-state index is 10.8. The lowest BCUT2D eigenvalue weighted by Crippen LogP contribution is -2.10. The van der Waals surface area contributed by atoms with Crippen LogP contribution in [0.3, 0.4) is 0 Å². The van der Waals surface area contributed by atoms with Gasteiger partial charge in [-0.2, -0.15) is 0 Å². The van der Waals surface area contributed by atoms with E-state index in [1.165, 1.54) is 12.1 Å². The molecule has 76 valence electrons. The van der Waals surface area contributed by atoms with Gasteiger partial charge in [-0.05, 0) is 24.1 Å². The third kappa shape index (κ3) is 2.17. The maximum Gasteiger partial charge on any atom is 0.310 e. The van der Waals surface area contributed by atoms with Crippen molar-refractivity contribution in [3.63, 3.8) is 0 Å². The zero-order valence-corrected chi connectivity index (χ0v) is 8.45. The van der Waals surface area contributed by atoms with Crippen molar-refractivity contribution < 1.29 is 15.0 Å². The number of phenolic OH excluding ortho intramolecular Hbond substituents is 1. The highest BCUT2D eigenvalue weighted by Gasteiger charge is 2.18. The van der Waals surface area contributed by atoms with Crippen LogP contribution in [0.2, 0.25) is 5.02 Å². The summed E-state index contributed by atoms with van der Waals surface area (Å²) >= 11 is 5.68. The van der Waals surface area contributed by atoms with Gasteiger partial charge in [-0.3, -0.25) is 4.79 Å². The molecule has 0 heterocycles. The Kier molecular flexibility index (Phi) is 3.36. The van der Waals surface area contributed by atoms with Crippen molar-refractivity contribution in [2.24, 2.45) is 0 Å². The zero-order valence-electron chi connectivity index (χ0n) is 7.70. The molecule has 0 saturated heterocycles. The van der Waals surface area contributed by atoms with Gasteiger partial charge in [0.2, 0.25) is 0 Å². The van der Waals surface area contributed by atoms with Gasteiger partial charge in [0.1, 0.15) is 5.75 Å². The number of hydrogen-bond donors (Lipinski definition) is 2. The van der Waals surface area contributed by atoms with Crippen LogP contribution in [0, 0.1) is 0 Å². The molecule has 0 aromatic heterocycles. The van der Waals surface area contributed by atoms with Gasteiger partial charge in [0.15, 0.2) is 0 Å². The molecule has 1 rings (SSSR count). The van der Waals surface area contributed by atoms with Crippen molar-refractivity contribution in [1.82, 2.24) is 0 Å². The number of benzene rings is 1. The molecule has 0 aliphatic rings. The van der Waals surface area contributed by atoms with Crippen LogP contribution in [-0.4, -0.2) is 16.2 Å². The minimum Gasteiger partial charge on any atom is -0.506 e. The third-order valence-electron chi connectivity index (χ3n) is 2.08. The van der Waals surface area contributed by atoms with E-state index in [1.54, 1.807) is 13.0 Å². The summed E-state index contributed by atoms with van der Waals surface area (Å²) in [4.78, 5) is 10.8. The van der Waals surface area contributed by atoms with Gasteiger partial charge in [0, 0.05) is 0 Å². The van der Waals surface area contributed by atoms with Gasteiger partial charge < -0.3 is 10.2 Å². The molecule has 1 atom stereocenters. The Morgan fingerprint density at radius 2 is 2.21 bits per heavy atom. The first kappa shape index (κ1) is 10.9. The fourth-order valence-corrected chi connectivity index (χ4v) is 1.48. The first-order valence-electron chi connectivity index (χ1n) is 4.27. The minimum absolute atomic E-state index is 0.0318. The number of aromatic hydroxyl groups is 1. The van der Waals surface area contributed by atoms with E-state index in [0.29, 0.717) is 12.0 Å². The minimum atomic E-state index is -0.880. The summed E-state index contributed by atoms with van der Waals surface area (Å²) in [6.45, 7) is 1.79. The molecule has 1 aromatic carbocycles. The van der Waals surface area contributed by atoms with E-state index in [0.717, 1.165) is 0 Å². The highest BCUT2D eigenvalue weighted by atomic mass is 35.5. The second kappa shape index (κ2) is 4.33. The van der Waals surface area contributed by atoms with Gasteiger partial charge in [-0.15, -0.1) is 0 Å². The lowest BCUT2D eigenvalue weighted by Gasteiger charge is -2.10. The van der Waals surface area contributed by atoms with Crippen molar-refractivity contribution >= 4 is 17.6 Å². The summed E-state index contributed by atoms with van der Waals surface area (Å²) in [5.74, 6) is -1.47. The Bertz CT molecular complexity index is 349. The number of phenols is 1. The van der Waals surface area contributed by atoms with Gasteiger partial charge in [-0.1, -0.05) is 24.6 Å². The van der Waals surface area contributed by atoms with Crippen LogP contribution in [-0.2, 0) is 4.79 Å². The molecule has 0 radical (unpaired) electrons. The van der Waals surface area contributed by atoms with Crippen LogP contribution in [0.1, 0.15) is 24.8 Å². The lowest BCUT2D eigenvalue weighted by atomic mass is 9.97. The molecule has 0 bridgehead atoms. The number of halogens is 1. The van der Waals surface area contributed by atoms with Gasteiger partial charge in [0.05, 0.1) is 10.9 Å². The molecule has 2 N–H and O–H groups in total. The largest absolute Gasteiger partial charge is 0.506 e. The first-order chi connectivity index (χ1) is 6.56. The number of carboxylic acids is 1. The molecule has 14 heavy (non-hydrogen) atoms. The monoisotopic (exact) mass is 214 g/mol. The summed E-state index contributed by atoms with van der Waals surface area (Å²) in [6.07, 6.45) is 0.496. The van der Waals surface area contributed by atoms with Crippen molar-refractivity contribution in [2.75, 3.05) is 0 Å². The van der Waals surface area contributed by atoms with Crippen molar-refractivity contribution in [1.29, 1.82) is 0 Å². The standard InChI is InChI=1S/C10H11ClO3/c1-2-7(10(13)14)6-3-4-9(12)8(11)5-6/h3-5,7,12H,2H2,1H3,(H,13,14). The van der Waals surface area contributed by atoms with Crippen molar-refractivity contribution in [3.8, 4) is 5.75 Å². The number of hydrogen-bond acceptors (Lipinski definition) is 2. The van der Waals surface area contributed by atoms with E-state index < -0.39 is 11.9 Å². The van der Waals surface area contributed by atoms with Gasteiger partial charge in [-0.25, -0.2) is 0 Å². The van der Waals surface area contributed by atoms with Crippen LogP contribution >= 0.6 is 11.6 Å². The summed E-state index contributed by atoms with van der Waals surface area (Å²) < 4.78 is 0. The second-order valence-corrected chi connectivity index (χ2v) is 3.42. The van der Waals surface area contributed by atoms with Gasteiger partial charge in [0.25, 0.3) is 0 Å². The highest BCUT2D eigenvalue weighted by Crippen LogP contribution is 2.28. The SMILES string of the molecule is CCC(C(=O)O)c1ccc(O)c(Cl)c1. The van der Waals surface area contributed by atoms with E-state index in [9.17, 15) is 4.79 Å². The molecule has 0 saturated carbocycles. The molecule has 1 unspecified atom stereocenters. The Balaban J connectivity index is 3.06. The average molecular weight is 215 g/mol. The number of aliphatic carboxylic acids is 1. The Labute approximate surface area is 86.9 Å². The molecule has 0 fully saturated rings. The summed E-state index contributed by atoms with van der Waals surface area (Å²) in [6, 6.07) is 4.46. The first-order valence-corrected chi connectivity index (χ1v) is 4.65. The molecule has 0 aliphatic carbocycles. The van der Waals surface area contributed by atoms with E-state index >= 15 is 0 Å². The van der Waals surface area contributed by atoms with Crippen molar-refractivity contribution in [3.05, 3.63) is 28.8 Å². The van der Waals surface area contributed by atoms with Crippen molar-refractivity contribution in [2.45, 2.75) is 19.3 Å². The summed E-state index contributed by atoms with van der Waals surface area (Å²) in [5, 5.41) is 18.2. The molecule has 1 aromatic rings. The Morgan fingerprint density at radius 3 is 2.64 bits per heavy atom. The average Bonchev–Trinajstić information content (AvgIpc) is 2.11. The zero-order chi connectivity index (χ0) is 10.7. The molecule has 0 aliphatic heterocycles. The normalized spacial score (nSPS) is 12.4. The van der Waals surface area contributed by atoms with Gasteiger partial charge >= 0.3 is 5.97 Å². The van der Waals surface area contributed by atoms with Crippen LogP contribution in [0.5, 0.6) is 5.75 Å². The predicted molar refractivity (Wildman–Crippen MR) is 53.8 cm³/mol. The van der Waals surface area contributed by atoms with E-state index in [4.69, 9.17) is 21.8 Å². The molecular weight excluding hydrogens is 204 g/mol. The number of carbonyl (C=O) groups is 1. The van der Waals surface area contributed by atoms with Crippen LogP contribution < -0.4 is 0 Å². The fraction of sp³-hybridized carbons (Fsp3) is 0.300. The summed E-state index contributed by atoms with van der Waals surface area (Å²) in [5.41, 5.74) is 0.614. The molecule has 4 heteroatoms. The Hall–Kier alpha value is -1.22. The van der Waals surface area contributed by atoms with Crippen LogP contribution in [0.15, 0.2) is 18.2 Å². The second-order valence-electron chi connectivity index (χ2n) is 3.01.